The molecule has 0 atom stereocenters. The van der Waals surface area contributed by atoms with E-state index >= 15 is 0 Å². The highest BCUT2D eigenvalue weighted by atomic mass is 19.4. The average Bonchev–Trinajstić information content (AvgIpc) is 2.44. The number of aromatic nitrogens is 2. The number of rotatable bonds is 4. The van der Waals surface area contributed by atoms with E-state index in [9.17, 15) is 13.2 Å². The zero-order chi connectivity index (χ0) is 15.5. The Labute approximate surface area is 120 Å². The van der Waals surface area contributed by atoms with E-state index < -0.39 is 11.7 Å². The predicted octanol–water partition coefficient (Wildman–Crippen LogP) is 3.42. The summed E-state index contributed by atoms with van der Waals surface area (Å²) in [7, 11) is 1.48. The van der Waals surface area contributed by atoms with Crippen LogP contribution in [0.2, 0.25) is 0 Å². The molecule has 0 aliphatic rings. The molecule has 2 rings (SSSR count). The highest BCUT2D eigenvalue weighted by Crippen LogP contribution is 2.29. The number of nitrogens with one attached hydrogen (secondary N) is 1. The number of benzene rings is 1. The Morgan fingerprint density at radius 2 is 1.95 bits per heavy atom. The summed E-state index contributed by atoms with van der Waals surface area (Å²) in [5, 5.41) is 2.89. The second-order valence-corrected chi connectivity index (χ2v) is 4.43. The summed E-state index contributed by atoms with van der Waals surface area (Å²) in [6.07, 6.45) is -4.35. The van der Waals surface area contributed by atoms with Crippen LogP contribution in [0.5, 0.6) is 5.88 Å². The number of ether oxygens (including phenoxy) is 1. The van der Waals surface area contributed by atoms with Gasteiger partial charge in [0.25, 0.3) is 0 Å². The first-order chi connectivity index (χ1) is 9.88. The van der Waals surface area contributed by atoms with Crippen LogP contribution in [0.1, 0.15) is 16.8 Å². The van der Waals surface area contributed by atoms with Crippen molar-refractivity contribution in [3.63, 3.8) is 0 Å². The van der Waals surface area contributed by atoms with Gasteiger partial charge in [-0.3, -0.25) is 0 Å². The second kappa shape index (κ2) is 5.99. The van der Waals surface area contributed by atoms with Gasteiger partial charge in [-0.05, 0) is 24.6 Å². The molecule has 0 saturated heterocycles. The van der Waals surface area contributed by atoms with Gasteiger partial charge in [-0.2, -0.15) is 18.2 Å². The number of aryl methyl sites for hydroxylation is 1. The van der Waals surface area contributed by atoms with Crippen LogP contribution in [0.3, 0.4) is 0 Å². The maximum Gasteiger partial charge on any atom is 0.416 e. The highest BCUT2D eigenvalue weighted by Gasteiger charge is 2.30. The molecule has 0 spiro atoms. The number of anilines is 1. The fourth-order valence-electron chi connectivity index (χ4n) is 1.76. The second-order valence-electron chi connectivity index (χ2n) is 4.43. The van der Waals surface area contributed by atoms with Crippen LogP contribution in [-0.4, -0.2) is 17.1 Å². The van der Waals surface area contributed by atoms with E-state index in [4.69, 9.17) is 4.74 Å². The first-order valence-corrected chi connectivity index (χ1v) is 6.18. The number of alkyl halides is 3. The van der Waals surface area contributed by atoms with Gasteiger partial charge in [0.1, 0.15) is 0 Å². The molecule has 1 N–H and O–H groups in total. The molecule has 0 bridgehead atoms. The third-order valence-corrected chi connectivity index (χ3v) is 2.74. The highest BCUT2D eigenvalue weighted by molar-refractivity contribution is 5.33. The first-order valence-electron chi connectivity index (χ1n) is 6.18. The molecule has 0 amide bonds. The summed E-state index contributed by atoms with van der Waals surface area (Å²) in [6, 6.07) is 6.78. The van der Waals surface area contributed by atoms with Gasteiger partial charge >= 0.3 is 6.18 Å². The summed E-state index contributed by atoms with van der Waals surface area (Å²) in [5.74, 6) is 0.707. The number of nitrogens with zero attached hydrogens (tertiary/aromatic N) is 2. The van der Waals surface area contributed by atoms with E-state index in [0.29, 0.717) is 23.1 Å². The van der Waals surface area contributed by atoms with Gasteiger partial charge in [0.15, 0.2) is 0 Å². The summed E-state index contributed by atoms with van der Waals surface area (Å²) < 4.78 is 42.9. The van der Waals surface area contributed by atoms with Crippen molar-refractivity contribution in [3.8, 4) is 5.88 Å². The Morgan fingerprint density at radius 3 is 2.62 bits per heavy atom. The minimum Gasteiger partial charge on any atom is -0.481 e. The van der Waals surface area contributed by atoms with E-state index in [1.54, 1.807) is 19.1 Å². The fourth-order valence-corrected chi connectivity index (χ4v) is 1.76. The Kier molecular flexibility index (Phi) is 4.30. The minimum absolute atomic E-state index is 0.191. The molecule has 0 radical (unpaired) electrons. The lowest BCUT2D eigenvalue weighted by Gasteiger charge is -2.10. The number of methoxy groups -OCH3 is 1. The third kappa shape index (κ3) is 4.08. The van der Waals surface area contributed by atoms with Gasteiger partial charge in [0.05, 0.1) is 12.7 Å². The van der Waals surface area contributed by atoms with Crippen LogP contribution >= 0.6 is 0 Å². The van der Waals surface area contributed by atoms with Crippen molar-refractivity contribution in [2.45, 2.75) is 19.6 Å². The largest absolute Gasteiger partial charge is 0.481 e. The summed E-state index contributed by atoms with van der Waals surface area (Å²) in [4.78, 5) is 8.22. The molecule has 7 heteroatoms. The third-order valence-electron chi connectivity index (χ3n) is 2.74. The molecule has 0 unspecified atom stereocenters. The van der Waals surface area contributed by atoms with E-state index in [1.165, 1.54) is 13.2 Å². The van der Waals surface area contributed by atoms with Gasteiger partial charge in [0.2, 0.25) is 11.8 Å². The molecule has 0 saturated carbocycles. The molecule has 4 nitrogen and oxygen atoms in total. The Morgan fingerprint density at radius 1 is 1.19 bits per heavy atom. The van der Waals surface area contributed by atoms with E-state index in [-0.39, 0.29) is 6.54 Å². The molecule has 0 aliphatic heterocycles. The van der Waals surface area contributed by atoms with Crippen molar-refractivity contribution in [3.05, 3.63) is 47.2 Å². The normalized spacial score (nSPS) is 11.3. The summed E-state index contributed by atoms with van der Waals surface area (Å²) in [6.45, 7) is 1.97. The van der Waals surface area contributed by atoms with Crippen LogP contribution in [-0.2, 0) is 12.7 Å². The standard InChI is InChI=1S/C14H14F3N3O/c1-9-6-12(21-2)20-13(19-9)18-8-10-4-3-5-11(7-10)14(15,16)17/h3-7H,8H2,1-2H3,(H,18,19,20). The molecule has 1 aromatic carbocycles. The maximum absolute atomic E-state index is 12.6. The SMILES string of the molecule is COc1cc(C)nc(NCc2cccc(C(F)(F)F)c2)n1. The molecule has 112 valence electrons. The molecule has 1 aromatic heterocycles. The zero-order valence-corrected chi connectivity index (χ0v) is 11.5. The summed E-state index contributed by atoms with van der Waals surface area (Å²) >= 11 is 0. The van der Waals surface area contributed by atoms with Crippen LogP contribution in [0.4, 0.5) is 19.1 Å². The van der Waals surface area contributed by atoms with Crippen LogP contribution in [0.25, 0.3) is 0 Å². The van der Waals surface area contributed by atoms with Crippen molar-refractivity contribution in [1.29, 1.82) is 0 Å². The maximum atomic E-state index is 12.6. The smallest absolute Gasteiger partial charge is 0.416 e. The molecular weight excluding hydrogens is 283 g/mol. The molecule has 1 heterocycles. The van der Waals surface area contributed by atoms with E-state index in [1.807, 2.05) is 0 Å². The molecular formula is C14H14F3N3O. The summed E-state index contributed by atoms with van der Waals surface area (Å²) in [5.41, 5.74) is 0.520. The lowest BCUT2D eigenvalue weighted by molar-refractivity contribution is -0.137. The Bertz CT molecular complexity index is 629. The molecule has 0 fully saturated rings. The average molecular weight is 297 g/mol. The van der Waals surface area contributed by atoms with Crippen LogP contribution in [0.15, 0.2) is 30.3 Å². The van der Waals surface area contributed by atoms with Crippen molar-refractivity contribution in [1.82, 2.24) is 9.97 Å². The zero-order valence-electron chi connectivity index (χ0n) is 11.5. The van der Waals surface area contributed by atoms with Crippen molar-refractivity contribution < 1.29 is 17.9 Å². The molecule has 21 heavy (non-hydrogen) atoms. The van der Waals surface area contributed by atoms with Crippen molar-refractivity contribution in [2.24, 2.45) is 0 Å². The molecule has 0 aliphatic carbocycles. The van der Waals surface area contributed by atoms with Gasteiger partial charge in [0, 0.05) is 18.3 Å². The Balaban J connectivity index is 2.11. The van der Waals surface area contributed by atoms with Crippen LogP contribution < -0.4 is 10.1 Å². The topological polar surface area (TPSA) is 47.0 Å². The van der Waals surface area contributed by atoms with Crippen LogP contribution in [0, 0.1) is 6.92 Å². The first kappa shape index (κ1) is 15.1. The number of halogens is 3. The molecule has 2 aromatic rings. The fraction of sp³-hybridized carbons (Fsp3) is 0.286. The van der Waals surface area contributed by atoms with Gasteiger partial charge in [-0.1, -0.05) is 12.1 Å². The lowest BCUT2D eigenvalue weighted by atomic mass is 10.1. The van der Waals surface area contributed by atoms with Gasteiger partial charge in [-0.25, -0.2) is 4.98 Å². The van der Waals surface area contributed by atoms with Crippen molar-refractivity contribution in [2.75, 3.05) is 12.4 Å². The lowest BCUT2D eigenvalue weighted by Crippen LogP contribution is -2.08. The van der Waals surface area contributed by atoms with Gasteiger partial charge < -0.3 is 10.1 Å². The predicted molar refractivity (Wildman–Crippen MR) is 72.1 cm³/mol. The number of hydrogen-bond acceptors (Lipinski definition) is 4. The Hall–Kier alpha value is -2.31. The van der Waals surface area contributed by atoms with E-state index in [2.05, 4.69) is 15.3 Å². The monoisotopic (exact) mass is 297 g/mol. The quantitative estimate of drug-likeness (QED) is 0.939. The number of hydrogen-bond donors (Lipinski definition) is 1. The van der Waals surface area contributed by atoms with E-state index in [0.717, 1.165) is 12.1 Å². The van der Waals surface area contributed by atoms with Crippen molar-refractivity contribution >= 4 is 5.95 Å². The minimum atomic E-state index is -4.35. The van der Waals surface area contributed by atoms with Gasteiger partial charge in [-0.15, -0.1) is 0 Å².